The van der Waals surface area contributed by atoms with Gasteiger partial charge in [0, 0.05) is 25.9 Å². The highest BCUT2D eigenvalue weighted by Crippen LogP contribution is 2.30. The third-order valence-corrected chi connectivity index (χ3v) is 5.36. The maximum absolute atomic E-state index is 13.3. The summed E-state index contributed by atoms with van der Waals surface area (Å²) in [4.78, 5) is 34.4. The molecule has 3 heterocycles. The maximum atomic E-state index is 13.3. The number of nitrogens with zero attached hydrogens (tertiary/aromatic N) is 5. The highest BCUT2D eigenvalue weighted by atomic mass is 19.4. The third kappa shape index (κ3) is 5.98. The van der Waals surface area contributed by atoms with Gasteiger partial charge in [0.05, 0.1) is 18.7 Å². The number of aromatic nitrogens is 5. The molecule has 0 saturated carbocycles. The molecule has 0 aliphatic carbocycles. The first-order chi connectivity index (χ1) is 17.7. The van der Waals surface area contributed by atoms with E-state index in [4.69, 9.17) is 4.74 Å². The number of rotatable bonds is 7. The van der Waals surface area contributed by atoms with Gasteiger partial charge in [-0.15, -0.1) is 13.2 Å². The van der Waals surface area contributed by atoms with E-state index >= 15 is 0 Å². The van der Waals surface area contributed by atoms with E-state index in [0.29, 0.717) is 10.3 Å². The number of aryl methyl sites for hydroxylation is 2. The summed E-state index contributed by atoms with van der Waals surface area (Å²) in [6.45, 7) is 0.715. The Bertz CT molecular complexity index is 1590. The average molecular weight is 543 g/mol. The standard InChI is InChI=1S/C23H19F6N5O4/c1-13-6-7-14(30-11-13)12-34-17-18(32(2)21(36)33(19(17)35)9-8-22(24,25)26)31-20(34)37-15-4-3-5-16(10-15)38-23(27,28)29/h3-7,10-11H,8-9,12H2,1-2H3. The van der Waals surface area contributed by atoms with Gasteiger partial charge in [0.2, 0.25) is 0 Å². The summed E-state index contributed by atoms with van der Waals surface area (Å²) in [7, 11) is 1.22. The van der Waals surface area contributed by atoms with Crippen LogP contribution in [-0.2, 0) is 20.1 Å². The Labute approximate surface area is 209 Å². The topological polar surface area (TPSA) is 93.2 Å². The second kappa shape index (κ2) is 9.87. The number of hydrogen-bond acceptors (Lipinski definition) is 6. The molecule has 38 heavy (non-hydrogen) atoms. The molecule has 0 spiro atoms. The van der Waals surface area contributed by atoms with Crippen molar-refractivity contribution in [2.45, 2.75) is 39.0 Å². The summed E-state index contributed by atoms with van der Waals surface area (Å²) in [6, 6.07) is 7.56. The number of fused-ring (bicyclic) bond motifs is 1. The van der Waals surface area contributed by atoms with Crippen molar-refractivity contribution >= 4 is 11.2 Å². The molecule has 4 aromatic rings. The van der Waals surface area contributed by atoms with E-state index in [9.17, 15) is 35.9 Å². The van der Waals surface area contributed by atoms with Gasteiger partial charge in [0.25, 0.3) is 5.56 Å². The van der Waals surface area contributed by atoms with Gasteiger partial charge in [-0.25, -0.2) is 4.79 Å². The second-order valence-corrected chi connectivity index (χ2v) is 8.27. The zero-order valence-electron chi connectivity index (χ0n) is 19.8. The predicted molar refractivity (Wildman–Crippen MR) is 121 cm³/mol. The zero-order chi connectivity index (χ0) is 27.8. The zero-order valence-corrected chi connectivity index (χ0v) is 19.8. The Hall–Kier alpha value is -4.30. The summed E-state index contributed by atoms with van der Waals surface area (Å²) in [5.74, 6) is -0.734. The molecule has 0 N–H and O–H groups in total. The molecule has 15 heteroatoms. The van der Waals surface area contributed by atoms with Crippen LogP contribution in [-0.4, -0.2) is 36.2 Å². The minimum absolute atomic E-state index is 0.150. The van der Waals surface area contributed by atoms with E-state index in [1.807, 2.05) is 0 Å². The molecule has 0 amide bonds. The van der Waals surface area contributed by atoms with Crippen LogP contribution in [0.5, 0.6) is 17.5 Å². The lowest BCUT2D eigenvalue weighted by Gasteiger charge is -2.13. The molecule has 4 rings (SSSR count). The van der Waals surface area contributed by atoms with Crippen molar-refractivity contribution in [2.75, 3.05) is 0 Å². The van der Waals surface area contributed by atoms with Crippen LogP contribution in [0.25, 0.3) is 11.2 Å². The van der Waals surface area contributed by atoms with Crippen molar-refractivity contribution in [1.82, 2.24) is 23.7 Å². The van der Waals surface area contributed by atoms with Crippen LogP contribution < -0.4 is 20.7 Å². The normalized spacial score (nSPS) is 12.2. The van der Waals surface area contributed by atoms with Crippen LogP contribution in [0, 0.1) is 6.92 Å². The molecule has 0 unspecified atom stereocenters. The predicted octanol–water partition coefficient (Wildman–Crippen LogP) is 4.29. The highest BCUT2D eigenvalue weighted by Gasteiger charge is 2.31. The molecule has 3 aromatic heterocycles. The number of imidazole rings is 1. The first-order valence-electron chi connectivity index (χ1n) is 10.9. The Morgan fingerprint density at radius 1 is 0.974 bits per heavy atom. The Morgan fingerprint density at radius 3 is 2.32 bits per heavy atom. The Kier molecular flexibility index (Phi) is 6.95. The highest BCUT2D eigenvalue weighted by molar-refractivity contribution is 5.72. The number of hydrogen-bond donors (Lipinski definition) is 0. The molecule has 202 valence electrons. The van der Waals surface area contributed by atoms with E-state index < -0.39 is 42.5 Å². The monoisotopic (exact) mass is 543 g/mol. The molecule has 0 radical (unpaired) electrons. The van der Waals surface area contributed by atoms with Gasteiger partial charge in [-0.2, -0.15) is 18.2 Å². The molecule has 0 aliphatic rings. The summed E-state index contributed by atoms with van der Waals surface area (Å²) in [5.41, 5.74) is -1.29. The van der Waals surface area contributed by atoms with Gasteiger partial charge in [-0.3, -0.25) is 23.5 Å². The summed E-state index contributed by atoms with van der Waals surface area (Å²) >= 11 is 0. The van der Waals surface area contributed by atoms with Crippen LogP contribution in [0.2, 0.25) is 0 Å². The van der Waals surface area contributed by atoms with Gasteiger partial charge in [0.1, 0.15) is 11.5 Å². The number of ether oxygens (including phenoxy) is 2. The average Bonchev–Trinajstić information content (AvgIpc) is 3.15. The van der Waals surface area contributed by atoms with Crippen molar-refractivity contribution in [3.8, 4) is 17.5 Å². The Morgan fingerprint density at radius 2 is 1.68 bits per heavy atom. The van der Waals surface area contributed by atoms with Gasteiger partial charge in [-0.1, -0.05) is 12.1 Å². The summed E-state index contributed by atoms with van der Waals surface area (Å²) in [6.07, 6.45) is -9.45. The first-order valence-corrected chi connectivity index (χ1v) is 10.9. The van der Waals surface area contributed by atoms with Crippen molar-refractivity contribution in [3.05, 3.63) is 74.7 Å². The van der Waals surface area contributed by atoms with E-state index in [2.05, 4.69) is 14.7 Å². The second-order valence-electron chi connectivity index (χ2n) is 8.27. The minimum atomic E-state index is -4.96. The molecular formula is C23H19F6N5O4. The quantitative estimate of drug-likeness (QED) is 0.323. The summed E-state index contributed by atoms with van der Waals surface area (Å²) < 4.78 is 88.6. The molecule has 9 nitrogen and oxygen atoms in total. The van der Waals surface area contributed by atoms with E-state index in [0.717, 1.165) is 22.3 Å². The lowest BCUT2D eigenvalue weighted by atomic mass is 10.3. The van der Waals surface area contributed by atoms with Gasteiger partial charge >= 0.3 is 24.2 Å². The number of pyridine rings is 1. The molecule has 0 saturated heterocycles. The lowest BCUT2D eigenvalue weighted by Crippen LogP contribution is -2.40. The van der Waals surface area contributed by atoms with Crippen molar-refractivity contribution < 1.29 is 35.8 Å². The maximum Gasteiger partial charge on any atom is 0.573 e. The van der Waals surface area contributed by atoms with Crippen molar-refractivity contribution in [2.24, 2.45) is 7.05 Å². The van der Waals surface area contributed by atoms with Gasteiger partial charge in [0.15, 0.2) is 11.2 Å². The number of halogens is 6. The number of alkyl halides is 6. The fraction of sp³-hybridized carbons (Fsp3) is 0.304. The fourth-order valence-corrected chi connectivity index (χ4v) is 3.61. The van der Waals surface area contributed by atoms with E-state index in [1.165, 1.54) is 23.7 Å². The minimum Gasteiger partial charge on any atom is -0.425 e. The van der Waals surface area contributed by atoms with Crippen LogP contribution in [0.15, 0.2) is 52.2 Å². The molecule has 1 aromatic carbocycles. The molecular weight excluding hydrogens is 524 g/mol. The van der Waals surface area contributed by atoms with Gasteiger partial charge in [-0.05, 0) is 30.7 Å². The SMILES string of the molecule is Cc1ccc(Cn2c(Oc3cccc(OC(F)(F)F)c3)nc3c2c(=O)n(CCC(F)(F)F)c(=O)n3C)nc1. The van der Waals surface area contributed by atoms with E-state index in [-0.39, 0.29) is 29.5 Å². The van der Waals surface area contributed by atoms with Gasteiger partial charge < -0.3 is 9.47 Å². The first kappa shape index (κ1) is 26.8. The third-order valence-electron chi connectivity index (χ3n) is 5.36. The molecule has 0 bridgehead atoms. The van der Waals surface area contributed by atoms with E-state index in [1.54, 1.807) is 25.3 Å². The van der Waals surface area contributed by atoms with Crippen LogP contribution in [0.4, 0.5) is 26.3 Å². The summed E-state index contributed by atoms with van der Waals surface area (Å²) in [5, 5.41) is 0. The smallest absolute Gasteiger partial charge is 0.425 e. The number of benzene rings is 1. The molecule has 0 atom stereocenters. The molecule has 0 fully saturated rings. The van der Waals surface area contributed by atoms with Crippen molar-refractivity contribution in [3.63, 3.8) is 0 Å². The lowest BCUT2D eigenvalue weighted by molar-refractivity contribution is -0.274. The van der Waals surface area contributed by atoms with Crippen LogP contribution in [0.3, 0.4) is 0 Å². The largest absolute Gasteiger partial charge is 0.573 e. The molecule has 0 aliphatic heterocycles. The van der Waals surface area contributed by atoms with Crippen molar-refractivity contribution in [1.29, 1.82) is 0 Å². The van der Waals surface area contributed by atoms with Crippen LogP contribution >= 0.6 is 0 Å². The van der Waals surface area contributed by atoms with Crippen LogP contribution in [0.1, 0.15) is 17.7 Å². The Balaban J connectivity index is 1.87. The fourth-order valence-electron chi connectivity index (χ4n) is 3.61.